The summed E-state index contributed by atoms with van der Waals surface area (Å²) in [6.45, 7) is 0. The molecule has 0 saturated carbocycles. The van der Waals surface area contributed by atoms with E-state index in [1.54, 1.807) is 12.1 Å². The molecule has 7 heteroatoms. The van der Waals surface area contributed by atoms with E-state index in [2.05, 4.69) is 26.6 Å². The fraction of sp³-hybridized carbons (Fsp3) is 0. The van der Waals surface area contributed by atoms with Gasteiger partial charge in [-0.2, -0.15) is 4.68 Å². The summed E-state index contributed by atoms with van der Waals surface area (Å²) in [5.41, 5.74) is 2.33. The highest BCUT2D eigenvalue weighted by molar-refractivity contribution is 7.21. The number of rotatable bonds is 2. The monoisotopic (exact) mass is 296 g/mol. The number of thiazole rings is 1. The highest BCUT2D eigenvalue weighted by Crippen LogP contribution is 2.33. The van der Waals surface area contributed by atoms with E-state index >= 15 is 0 Å². The zero-order valence-electron chi connectivity index (χ0n) is 10.6. The Morgan fingerprint density at radius 1 is 1.24 bits per heavy atom. The van der Waals surface area contributed by atoms with E-state index in [1.165, 1.54) is 34.5 Å². The number of hydrogen-bond acceptors (Lipinski definition) is 5. The van der Waals surface area contributed by atoms with Crippen molar-refractivity contribution in [3.05, 3.63) is 54.6 Å². The first kappa shape index (κ1) is 12.1. The van der Waals surface area contributed by atoms with Crippen LogP contribution in [-0.4, -0.2) is 25.2 Å². The third-order valence-electron chi connectivity index (χ3n) is 2.99. The first-order chi connectivity index (χ1) is 10.3. The van der Waals surface area contributed by atoms with Crippen molar-refractivity contribution in [2.75, 3.05) is 0 Å². The minimum Gasteiger partial charge on any atom is -0.236 e. The van der Waals surface area contributed by atoms with Crippen LogP contribution in [0.15, 0.2) is 42.7 Å². The van der Waals surface area contributed by atoms with Gasteiger partial charge in [-0.25, -0.2) is 9.37 Å². The van der Waals surface area contributed by atoms with Gasteiger partial charge >= 0.3 is 0 Å². The average molecular weight is 296 g/mol. The van der Waals surface area contributed by atoms with Crippen molar-refractivity contribution in [1.82, 2.24) is 25.2 Å². The number of fused-ring (bicyclic) bond motifs is 1. The number of halogens is 1. The SMILES string of the molecule is Fc1ccc2nc(-c3ccc[c]c3-n3cnnn3)sc2c1. The van der Waals surface area contributed by atoms with Crippen molar-refractivity contribution in [3.8, 4) is 16.3 Å². The molecule has 0 spiro atoms. The van der Waals surface area contributed by atoms with Crippen LogP contribution in [0.5, 0.6) is 0 Å². The first-order valence-corrected chi connectivity index (χ1v) is 6.93. The van der Waals surface area contributed by atoms with Gasteiger partial charge in [-0.05, 0) is 34.7 Å². The minimum atomic E-state index is -0.266. The third-order valence-corrected chi connectivity index (χ3v) is 4.04. The van der Waals surface area contributed by atoms with E-state index in [4.69, 9.17) is 0 Å². The van der Waals surface area contributed by atoms with Gasteiger partial charge in [-0.1, -0.05) is 12.1 Å². The van der Waals surface area contributed by atoms with Crippen molar-refractivity contribution in [2.45, 2.75) is 0 Å². The maximum absolute atomic E-state index is 13.3. The molecule has 0 aliphatic carbocycles. The zero-order chi connectivity index (χ0) is 14.2. The predicted octanol–water partition coefficient (Wildman–Crippen LogP) is 2.88. The Morgan fingerprint density at radius 2 is 2.19 bits per heavy atom. The predicted molar refractivity (Wildman–Crippen MR) is 76.6 cm³/mol. The number of nitrogens with zero attached hydrogens (tertiary/aromatic N) is 5. The van der Waals surface area contributed by atoms with Gasteiger partial charge in [0.05, 0.1) is 15.9 Å². The van der Waals surface area contributed by atoms with Crippen LogP contribution < -0.4 is 0 Å². The molecule has 4 rings (SSSR count). The molecular formula is C14H7FN5S. The van der Waals surface area contributed by atoms with Crippen molar-refractivity contribution >= 4 is 21.6 Å². The van der Waals surface area contributed by atoms with Crippen LogP contribution in [0.25, 0.3) is 26.5 Å². The van der Waals surface area contributed by atoms with Crippen LogP contribution in [0.3, 0.4) is 0 Å². The van der Waals surface area contributed by atoms with Crippen molar-refractivity contribution in [2.24, 2.45) is 0 Å². The minimum absolute atomic E-state index is 0.266. The molecular weight excluding hydrogens is 289 g/mol. The number of para-hydroxylation sites is 1. The van der Waals surface area contributed by atoms with E-state index in [9.17, 15) is 4.39 Å². The lowest BCUT2D eigenvalue weighted by Crippen LogP contribution is -1.97. The Hall–Kier alpha value is -2.67. The number of tetrazole rings is 1. The fourth-order valence-corrected chi connectivity index (χ4v) is 3.08. The van der Waals surface area contributed by atoms with Crippen LogP contribution >= 0.6 is 11.3 Å². The molecule has 4 aromatic rings. The maximum Gasteiger partial charge on any atom is 0.143 e. The summed E-state index contributed by atoms with van der Waals surface area (Å²) in [6, 6.07) is 13.2. The van der Waals surface area contributed by atoms with Gasteiger partial charge in [0.25, 0.3) is 0 Å². The Morgan fingerprint density at radius 3 is 3.05 bits per heavy atom. The van der Waals surface area contributed by atoms with Gasteiger partial charge in [0.1, 0.15) is 17.2 Å². The lowest BCUT2D eigenvalue weighted by molar-refractivity contribution is 0.630. The Balaban J connectivity index is 1.93. The number of aromatic nitrogens is 5. The highest BCUT2D eigenvalue weighted by Gasteiger charge is 2.13. The summed E-state index contributed by atoms with van der Waals surface area (Å²) in [6.07, 6.45) is 1.50. The molecule has 2 aromatic heterocycles. The fourth-order valence-electron chi connectivity index (χ4n) is 2.07. The van der Waals surface area contributed by atoms with Crippen LogP contribution in [0.1, 0.15) is 0 Å². The molecule has 5 nitrogen and oxygen atoms in total. The van der Waals surface area contributed by atoms with E-state index in [-0.39, 0.29) is 5.82 Å². The molecule has 0 unspecified atom stereocenters. The first-order valence-electron chi connectivity index (χ1n) is 6.12. The van der Waals surface area contributed by atoms with Gasteiger partial charge < -0.3 is 0 Å². The van der Waals surface area contributed by atoms with E-state index in [0.29, 0.717) is 5.69 Å². The van der Waals surface area contributed by atoms with Crippen LogP contribution in [0.2, 0.25) is 0 Å². The molecule has 2 aromatic carbocycles. The smallest absolute Gasteiger partial charge is 0.143 e. The maximum atomic E-state index is 13.3. The van der Waals surface area contributed by atoms with E-state index in [1.807, 2.05) is 12.1 Å². The summed E-state index contributed by atoms with van der Waals surface area (Å²) in [4.78, 5) is 4.54. The van der Waals surface area contributed by atoms with Gasteiger partial charge in [0, 0.05) is 11.6 Å². The topological polar surface area (TPSA) is 56.5 Å². The quantitative estimate of drug-likeness (QED) is 0.571. The Labute approximate surface area is 122 Å². The summed E-state index contributed by atoms with van der Waals surface area (Å²) in [5.74, 6) is -0.266. The molecule has 1 radical (unpaired) electrons. The van der Waals surface area contributed by atoms with Crippen molar-refractivity contribution < 1.29 is 4.39 Å². The molecule has 0 atom stereocenters. The van der Waals surface area contributed by atoms with Crippen molar-refractivity contribution in [1.29, 1.82) is 0 Å². The second-order valence-electron chi connectivity index (χ2n) is 4.32. The van der Waals surface area contributed by atoms with Crippen molar-refractivity contribution in [3.63, 3.8) is 0 Å². The average Bonchev–Trinajstić information content (AvgIpc) is 3.16. The van der Waals surface area contributed by atoms with Gasteiger partial charge in [-0.15, -0.1) is 16.4 Å². The summed E-state index contributed by atoms with van der Waals surface area (Å²) in [7, 11) is 0. The molecule has 0 bridgehead atoms. The zero-order valence-corrected chi connectivity index (χ0v) is 11.4. The Bertz CT molecular complexity index is 916. The van der Waals surface area contributed by atoms with E-state index in [0.717, 1.165) is 20.8 Å². The standard InChI is InChI=1S/C14H7FN5S/c15-9-5-6-11-13(7-9)21-14(17-11)10-3-1-2-4-12(10)20-8-16-18-19-20/h1-3,5-8H. The molecule has 21 heavy (non-hydrogen) atoms. The number of hydrogen-bond donors (Lipinski definition) is 0. The summed E-state index contributed by atoms with van der Waals surface area (Å²) < 4.78 is 15.6. The lowest BCUT2D eigenvalue weighted by Gasteiger charge is -2.04. The molecule has 0 fully saturated rings. The van der Waals surface area contributed by atoms with Crippen LogP contribution in [0.4, 0.5) is 4.39 Å². The summed E-state index contributed by atoms with van der Waals surface area (Å²) >= 11 is 1.42. The highest BCUT2D eigenvalue weighted by atomic mass is 32.1. The molecule has 0 saturated heterocycles. The molecule has 0 amide bonds. The summed E-state index contributed by atoms with van der Waals surface area (Å²) in [5, 5.41) is 11.9. The van der Waals surface area contributed by atoms with Gasteiger partial charge in [0.2, 0.25) is 0 Å². The molecule has 0 aliphatic rings. The molecule has 0 aliphatic heterocycles. The lowest BCUT2D eigenvalue weighted by atomic mass is 10.2. The second kappa shape index (κ2) is 4.71. The second-order valence-corrected chi connectivity index (χ2v) is 5.35. The molecule has 2 heterocycles. The third kappa shape index (κ3) is 2.07. The molecule has 0 N–H and O–H groups in total. The van der Waals surface area contributed by atoms with Crippen LogP contribution in [-0.2, 0) is 0 Å². The van der Waals surface area contributed by atoms with Gasteiger partial charge in [0.15, 0.2) is 0 Å². The Kier molecular flexibility index (Phi) is 2.71. The molecule has 101 valence electrons. The van der Waals surface area contributed by atoms with Gasteiger partial charge in [-0.3, -0.25) is 0 Å². The largest absolute Gasteiger partial charge is 0.236 e. The van der Waals surface area contributed by atoms with E-state index < -0.39 is 0 Å². The van der Waals surface area contributed by atoms with Crippen LogP contribution in [0, 0.1) is 11.9 Å². The number of benzene rings is 2. The normalized spacial score (nSPS) is 11.1.